The van der Waals surface area contributed by atoms with Gasteiger partial charge in [-0.25, -0.2) is 0 Å². The maximum absolute atomic E-state index is 12.0. The Morgan fingerprint density at radius 2 is 1.80 bits per heavy atom. The quantitative estimate of drug-likeness (QED) is 0.408. The van der Waals surface area contributed by atoms with Crippen molar-refractivity contribution < 1.29 is 19.4 Å². The van der Waals surface area contributed by atoms with Crippen LogP contribution in [0.25, 0.3) is 0 Å². The van der Waals surface area contributed by atoms with E-state index in [2.05, 4.69) is 5.32 Å². The van der Waals surface area contributed by atoms with Gasteiger partial charge < -0.3 is 37.1 Å². The molecule has 8 nitrogen and oxygen atoms in total. The Morgan fingerprint density at radius 3 is 2.20 bits per heavy atom. The molecular weight excluding hydrogens is 264 g/mol. The first kappa shape index (κ1) is 16.0. The molecule has 0 radical (unpaired) electrons. The van der Waals surface area contributed by atoms with Crippen molar-refractivity contribution in [1.82, 2.24) is 5.32 Å². The van der Waals surface area contributed by atoms with E-state index in [1.165, 1.54) is 26.4 Å². The molecule has 1 amide bonds. The summed E-state index contributed by atoms with van der Waals surface area (Å²) in [6.07, 6.45) is 0. The summed E-state index contributed by atoms with van der Waals surface area (Å²) in [5, 5.41) is 12.3. The zero-order chi connectivity index (χ0) is 15.3. The zero-order valence-electron chi connectivity index (χ0n) is 11.5. The number of ether oxygens (including phenoxy) is 2. The molecular formula is C12H20N4O4. The number of hydrogen-bond donors (Lipinski definition) is 5. The first-order chi connectivity index (χ1) is 9.34. The predicted molar refractivity (Wildman–Crippen MR) is 73.7 cm³/mol. The maximum Gasteiger partial charge on any atom is 0.251 e. The van der Waals surface area contributed by atoms with E-state index in [9.17, 15) is 9.90 Å². The number of amides is 1. The van der Waals surface area contributed by atoms with Gasteiger partial charge in [0, 0.05) is 12.1 Å². The van der Waals surface area contributed by atoms with E-state index in [1.807, 2.05) is 0 Å². The van der Waals surface area contributed by atoms with Crippen molar-refractivity contribution in [2.24, 2.45) is 17.2 Å². The molecule has 0 heterocycles. The first-order valence-corrected chi connectivity index (χ1v) is 5.85. The van der Waals surface area contributed by atoms with Gasteiger partial charge in [0.2, 0.25) is 5.75 Å². The molecule has 0 atom stereocenters. The number of methoxy groups -OCH3 is 2. The lowest BCUT2D eigenvalue weighted by Crippen LogP contribution is -2.62. The molecule has 0 aliphatic carbocycles. The molecule has 1 rings (SSSR count). The Hall–Kier alpha value is -2.03. The highest BCUT2D eigenvalue weighted by atomic mass is 16.5. The van der Waals surface area contributed by atoms with Crippen LogP contribution < -0.4 is 32.0 Å². The van der Waals surface area contributed by atoms with Gasteiger partial charge in [-0.2, -0.15) is 0 Å². The van der Waals surface area contributed by atoms with Crippen molar-refractivity contribution in [3.05, 3.63) is 17.7 Å². The zero-order valence-corrected chi connectivity index (χ0v) is 11.5. The molecule has 0 aliphatic rings. The average molecular weight is 284 g/mol. The van der Waals surface area contributed by atoms with Gasteiger partial charge in [0.25, 0.3) is 5.91 Å². The number of carbonyl (C=O) groups is 1. The summed E-state index contributed by atoms with van der Waals surface area (Å²) >= 11 is 0. The number of hydrogen-bond acceptors (Lipinski definition) is 7. The molecule has 112 valence electrons. The largest absolute Gasteiger partial charge is 0.502 e. The molecule has 0 saturated carbocycles. The van der Waals surface area contributed by atoms with Gasteiger partial charge in [-0.3, -0.25) is 4.79 Å². The summed E-state index contributed by atoms with van der Waals surface area (Å²) in [7, 11) is 2.74. The molecule has 0 spiro atoms. The third kappa shape index (κ3) is 3.73. The SMILES string of the molecule is COc1cc(C(=O)NCC(N)(N)CN)cc(OC)c1O. The van der Waals surface area contributed by atoms with Crippen LogP contribution in [0.3, 0.4) is 0 Å². The van der Waals surface area contributed by atoms with Crippen molar-refractivity contribution in [1.29, 1.82) is 0 Å². The summed E-state index contributed by atoms with van der Waals surface area (Å²) in [4.78, 5) is 12.0. The minimum atomic E-state index is -1.18. The first-order valence-electron chi connectivity index (χ1n) is 5.85. The number of rotatable bonds is 6. The number of nitrogens with one attached hydrogen (secondary N) is 1. The fourth-order valence-corrected chi connectivity index (χ4v) is 1.44. The standard InChI is InChI=1S/C12H20N4O4/c1-19-8-3-7(4-9(20-2)10(8)17)11(18)16-6-12(14,15)5-13/h3-4,17H,5-6,13-15H2,1-2H3,(H,16,18). The van der Waals surface area contributed by atoms with E-state index in [1.54, 1.807) is 0 Å². The normalized spacial score (nSPS) is 11.1. The molecule has 8 N–H and O–H groups in total. The van der Waals surface area contributed by atoms with Crippen molar-refractivity contribution in [2.45, 2.75) is 5.66 Å². The summed E-state index contributed by atoms with van der Waals surface area (Å²) in [6, 6.07) is 2.76. The monoisotopic (exact) mass is 284 g/mol. The highest BCUT2D eigenvalue weighted by molar-refractivity contribution is 5.95. The van der Waals surface area contributed by atoms with Crippen LogP contribution in [0.5, 0.6) is 17.2 Å². The summed E-state index contributed by atoms with van der Waals surface area (Å²) in [5.41, 5.74) is 15.7. The number of carbonyl (C=O) groups excluding carboxylic acids is 1. The van der Waals surface area contributed by atoms with Crippen molar-refractivity contribution in [2.75, 3.05) is 27.3 Å². The maximum atomic E-state index is 12.0. The van der Waals surface area contributed by atoms with E-state index in [0.717, 1.165) is 0 Å². The molecule has 0 saturated heterocycles. The van der Waals surface area contributed by atoms with Crippen LogP contribution in [-0.4, -0.2) is 44.0 Å². The number of benzene rings is 1. The van der Waals surface area contributed by atoms with Crippen LogP contribution >= 0.6 is 0 Å². The summed E-state index contributed by atoms with van der Waals surface area (Å²) < 4.78 is 9.93. The molecule has 1 aromatic carbocycles. The smallest absolute Gasteiger partial charge is 0.251 e. The van der Waals surface area contributed by atoms with Gasteiger partial charge in [0.05, 0.1) is 26.4 Å². The molecule has 0 bridgehead atoms. The Morgan fingerprint density at radius 1 is 1.30 bits per heavy atom. The van der Waals surface area contributed by atoms with Crippen molar-refractivity contribution in [3.63, 3.8) is 0 Å². The lowest BCUT2D eigenvalue weighted by atomic mass is 10.1. The number of phenolic OH excluding ortho intramolecular Hbond substituents is 1. The lowest BCUT2D eigenvalue weighted by molar-refractivity contribution is 0.0943. The highest BCUT2D eigenvalue weighted by Crippen LogP contribution is 2.36. The van der Waals surface area contributed by atoms with Crippen LogP contribution in [0, 0.1) is 0 Å². The second-order valence-corrected chi connectivity index (χ2v) is 4.35. The number of nitrogens with two attached hydrogens (primary N) is 3. The Labute approximate surface area is 116 Å². The lowest BCUT2D eigenvalue weighted by Gasteiger charge is -2.22. The molecule has 20 heavy (non-hydrogen) atoms. The van der Waals surface area contributed by atoms with E-state index in [-0.39, 0.29) is 35.9 Å². The summed E-state index contributed by atoms with van der Waals surface area (Å²) in [5.74, 6) is -0.365. The minimum absolute atomic E-state index is 0.00778. The van der Waals surface area contributed by atoms with Gasteiger partial charge in [0.1, 0.15) is 0 Å². The van der Waals surface area contributed by atoms with E-state index in [4.69, 9.17) is 26.7 Å². The highest BCUT2D eigenvalue weighted by Gasteiger charge is 2.20. The van der Waals surface area contributed by atoms with Crippen LogP contribution in [0.1, 0.15) is 10.4 Å². The van der Waals surface area contributed by atoms with E-state index < -0.39 is 11.6 Å². The Kier molecular flexibility index (Phi) is 5.14. The second kappa shape index (κ2) is 6.42. The topological polar surface area (TPSA) is 146 Å². The third-order valence-electron chi connectivity index (χ3n) is 2.70. The number of aromatic hydroxyl groups is 1. The minimum Gasteiger partial charge on any atom is -0.502 e. The third-order valence-corrected chi connectivity index (χ3v) is 2.70. The Bertz CT molecular complexity index is 465. The second-order valence-electron chi connectivity index (χ2n) is 4.35. The number of phenols is 1. The summed E-state index contributed by atoms with van der Waals surface area (Å²) in [6.45, 7) is 0.0311. The van der Waals surface area contributed by atoms with Crippen molar-refractivity contribution in [3.8, 4) is 17.2 Å². The molecule has 1 aromatic rings. The van der Waals surface area contributed by atoms with Crippen LogP contribution in [-0.2, 0) is 0 Å². The van der Waals surface area contributed by atoms with E-state index in [0.29, 0.717) is 0 Å². The van der Waals surface area contributed by atoms with Gasteiger partial charge >= 0.3 is 0 Å². The molecule has 0 fully saturated rings. The average Bonchev–Trinajstić information content (AvgIpc) is 2.45. The van der Waals surface area contributed by atoms with E-state index >= 15 is 0 Å². The fraction of sp³-hybridized carbons (Fsp3) is 0.417. The molecule has 0 unspecified atom stereocenters. The van der Waals surface area contributed by atoms with Gasteiger partial charge in [-0.15, -0.1) is 0 Å². The molecule has 8 heteroatoms. The fourth-order valence-electron chi connectivity index (χ4n) is 1.44. The van der Waals surface area contributed by atoms with Gasteiger partial charge in [-0.05, 0) is 12.1 Å². The van der Waals surface area contributed by atoms with Crippen LogP contribution in [0.15, 0.2) is 12.1 Å². The van der Waals surface area contributed by atoms with Crippen molar-refractivity contribution >= 4 is 5.91 Å². The van der Waals surface area contributed by atoms with Gasteiger partial charge in [-0.1, -0.05) is 0 Å². The predicted octanol–water partition coefficient (Wildman–Crippen LogP) is -1.29. The molecule has 0 aromatic heterocycles. The van der Waals surface area contributed by atoms with Crippen LogP contribution in [0.4, 0.5) is 0 Å². The van der Waals surface area contributed by atoms with Gasteiger partial charge in [0.15, 0.2) is 11.5 Å². The van der Waals surface area contributed by atoms with Crippen LogP contribution in [0.2, 0.25) is 0 Å². The molecule has 0 aliphatic heterocycles. The Balaban J connectivity index is 2.93.